The van der Waals surface area contributed by atoms with Crippen LogP contribution in [0.15, 0.2) is 29.3 Å². The quantitative estimate of drug-likeness (QED) is 0.291. The van der Waals surface area contributed by atoms with Gasteiger partial charge < -0.3 is 10.6 Å². The molecule has 1 aromatic rings. The molecule has 0 radical (unpaired) electrons. The van der Waals surface area contributed by atoms with Crippen LogP contribution in [0.2, 0.25) is 0 Å². The molecule has 6 nitrogen and oxygen atoms in total. The number of halogens is 1. The van der Waals surface area contributed by atoms with Crippen molar-refractivity contribution in [2.24, 2.45) is 4.99 Å². The molecule has 3 N–H and O–H groups in total. The highest BCUT2D eigenvalue weighted by Gasteiger charge is 2.16. The van der Waals surface area contributed by atoms with Crippen LogP contribution in [-0.2, 0) is 16.6 Å². The van der Waals surface area contributed by atoms with Gasteiger partial charge in [-0.25, -0.2) is 13.4 Å². The number of thioether (sulfide) groups is 1. The number of nitrogens with zero attached hydrogens (tertiary/aromatic N) is 1. The Morgan fingerprint density at radius 3 is 2.44 bits per heavy atom. The zero-order valence-corrected chi connectivity index (χ0v) is 19.4. The van der Waals surface area contributed by atoms with Crippen LogP contribution < -0.4 is 15.4 Å². The van der Waals surface area contributed by atoms with Crippen molar-refractivity contribution in [3.8, 4) is 0 Å². The molecule has 0 saturated carbocycles. The lowest BCUT2D eigenvalue weighted by atomic mass is 10.2. The van der Waals surface area contributed by atoms with E-state index in [0.29, 0.717) is 18.2 Å². The summed E-state index contributed by atoms with van der Waals surface area (Å²) in [4.78, 5) is 4.56. The number of para-hydroxylation sites is 1. The number of sulfonamides is 1. The Labute approximate surface area is 173 Å². The number of rotatable bonds is 8. The Bertz CT molecular complexity index is 664. The van der Waals surface area contributed by atoms with Gasteiger partial charge in [0.1, 0.15) is 0 Å². The topological polar surface area (TPSA) is 82.6 Å². The first-order valence-corrected chi connectivity index (χ1v) is 10.9. The second-order valence-corrected chi connectivity index (χ2v) is 9.31. The van der Waals surface area contributed by atoms with Crippen molar-refractivity contribution in [3.63, 3.8) is 0 Å². The lowest BCUT2D eigenvalue weighted by molar-refractivity contribution is 0.606. The van der Waals surface area contributed by atoms with E-state index in [2.05, 4.69) is 40.5 Å². The summed E-state index contributed by atoms with van der Waals surface area (Å²) in [5, 5.41) is 6.54. The molecule has 25 heavy (non-hydrogen) atoms. The Kier molecular flexibility index (Phi) is 10.8. The smallest absolute Gasteiger partial charge is 0.229 e. The van der Waals surface area contributed by atoms with Crippen molar-refractivity contribution in [1.82, 2.24) is 10.6 Å². The van der Waals surface area contributed by atoms with E-state index in [9.17, 15) is 8.42 Å². The van der Waals surface area contributed by atoms with Crippen LogP contribution in [0.4, 0.5) is 5.69 Å². The van der Waals surface area contributed by atoms with Gasteiger partial charge in [-0.15, -0.1) is 24.0 Å². The number of hydrogen-bond acceptors (Lipinski definition) is 4. The molecular weight excluding hydrogens is 471 g/mol. The minimum Gasteiger partial charge on any atom is -0.357 e. The molecule has 0 amide bonds. The third-order valence-electron chi connectivity index (χ3n) is 3.30. The summed E-state index contributed by atoms with van der Waals surface area (Å²) in [6.07, 6.45) is 3.22. The van der Waals surface area contributed by atoms with Crippen molar-refractivity contribution >= 4 is 57.4 Å². The summed E-state index contributed by atoms with van der Waals surface area (Å²) in [5.74, 6) is 0.716. The molecule has 1 aromatic carbocycles. The second kappa shape index (κ2) is 11.1. The monoisotopic (exact) mass is 500 g/mol. The molecule has 144 valence electrons. The van der Waals surface area contributed by atoms with E-state index in [1.54, 1.807) is 23.9 Å². The van der Waals surface area contributed by atoms with Crippen molar-refractivity contribution in [2.45, 2.75) is 32.1 Å². The van der Waals surface area contributed by atoms with Crippen LogP contribution in [0.5, 0.6) is 0 Å². The highest BCUT2D eigenvalue weighted by molar-refractivity contribution is 14.0. The summed E-state index contributed by atoms with van der Waals surface area (Å²) < 4.78 is 25.6. The number of anilines is 1. The first-order valence-electron chi connectivity index (χ1n) is 7.80. The highest BCUT2D eigenvalue weighted by atomic mass is 127. The number of guanidine groups is 1. The van der Waals surface area contributed by atoms with E-state index in [-0.39, 0.29) is 28.7 Å². The molecule has 0 aliphatic rings. The van der Waals surface area contributed by atoms with Crippen LogP contribution in [0.3, 0.4) is 0 Å². The first-order chi connectivity index (χ1) is 11.2. The van der Waals surface area contributed by atoms with Gasteiger partial charge in [-0.2, -0.15) is 11.8 Å². The average Bonchev–Trinajstić information content (AvgIpc) is 2.50. The van der Waals surface area contributed by atoms with Gasteiger partial charge >= 0.3 is 0 Å². The summed E-state index contributed by atoms with van der Waals surface area (Å²) in [5.41, 5.74) is 1.38. The fourth-order valence-corrected chi connectivity index (χ4v) is 2.65. The normalized spacial score (nSPS) is 12.3. The van der Waals surface area contributed by atoms with Gasteiger partial charge in [0, 0.05) is 17.8 Å². The van der Waals surface area contributed by atoms with Gasteiger partial charge in [-0.1, -0.05) is 18.2 Å². The van der Waals surface area contributed by atoms with Crippen molar-refractivity contribution in [2.75, 3.05) is 30.3 Å². The molecule has 0 saturated heterocycles. The maximum absolute atomic E-state index is 11.5. The molecule has 0 spiro atoms. The van der Waals surface area contributed by atoms with Gasteiger partial charge in [0.05, 0.1) is 18.5 Å². The summed E-state index contributed by atoms with van der Waals surface area (Å²) in [7, 11) is -3.31. The van der Waals surface area contributed by atoms with Crippen LogP contribution in [0, 0.1) is 0 Å². The molecular formula is C16H29IN4O2S2. The fraction of sp³-hybridized carbons (Fsp3) is 0.562. The number of benzene rings is 1. The maximum Gasteiger partial charge on any atom is 0.229 e. The molecule has 0 aromatic heterocycles. The summed E-state index contributed by atoms with van der Waals surface area (Å²) in [6.45, 7) is 8.26. The third-order valence-corrected chi connectivity index (χ3v) is 5.14. The minimum absolute atomic E-state index is 0. The number of hydrogen-bond donors (Lipinski definition) is 3. The van der Waals surface area contributed by atoms with Crippen LogP contribution in [0.25, 0.3) is 0 Å². The highest BCUT2D eigenvalue weighted by Crippen LogP contribution is 2.20. The van der Waals surface area contributed by atoms with Crippen molar-refractivity contribution in [1.29, 1.82) is 0 Å². The largest absolute Gasteiger partial charge is 0.357 e. The van der Waals surface area contributed by atoms with E-state index >= 15 is 0 Å². The third kappa shape index (κ3) is 10.1. The SMILES string of the molecule is CCNC(=NCc1ccccc1NS(C)(=O)=O)NCC(C)(C)SC.I. The maximum atomic E-state index is 11.5. The lowest BCUT2D eigenvalue weighted by Crippen LogP contribution is -2.43. The van der Waals surface area contributed by atoms with Gasteiger partial charge in [-0.3, -0.25) is 4.72 Å². The van der Waals surface area contributed by atoms with Crippen LogP contribution in [0.1, 0.15) is 26.3 Å². The average molecular weight is 500 g/mol. The Hall–Kier alpha value is -0.680. The number of nitrogens with one attached hydrogen (secondary N) is 3. The van der Waals surface area contributed by atoms with Gasteiger partial charge in [0.2, 0.25) is 10.0 Å². The minimum atomic E-state index is -3.31. The standard InChI is InChI=1S/C16H28N4O2S2.HI/c1-6-17-15(19-12-16(2,3)23-4)18-11-13-9-7-8-10-14(13)20-24(5,21)22;/h7-10,20H,6,11-12H2,1-5H3,(H2,17,18,19);1H. The molecule has 0 aliphatic carbocycles. The zero-order valence-electron chi connectivity index (χ0n) is 15.4. The van der Waals surface area contributed by atoms with E-state index in [4.69, 9.17) is 0 Å². The molecule has 0 heterocycles. The zero-order chi connectivity index (χ0) is 18.2. The van der Waals surface area contributed by atoms with E-state index in [0.717, 1.165) is 24.9 Å². The second-order valence-electron chi connectivity index (χ2n) is 6.04. The molecule has 0 aliphatic heterocycles. The molecule has 0 fully saturated rings. The summed E-state index contributed by atoms with van der Waals surface area (Å²) >= 11 is 1.79. The Morgan fingerprint density at radius 2 is 1.88 bits per heavy atom. The molecule has 0 bridgehead atoms. The fourth-order valence-electron chi connectivity index (χ4n) is 1.83. The molecule has 0 atom stereocenters. The predicted octanol–water partition coefficient (Wildman–Crippen LogP) is 2.87. The van der Waals surface area contributed by atoms with Gasteiger partial charge in [0.25, 0.3) is 0 Å². The van der Waals surface area contributed by atoms with Crippen molar-refractivity contribution in [3.05, 3.63) is 29.8 Å². The predicted molar refractivity (Wildman–Crippen MR) is 121 cm³/mol. The number of aliphatic imine (C=N–C) groups is 1. The van der Waals surface area contributed by atoms with E-state index in [1.807, 2.05) is 19.1 Å². The van der Waals surface area contributed by atoms with Gasteiger partial charge in [0.15, 0.2) is 5.96 Å². The Morgan fingerprint density at radius 1 is 1.24 bits per heavy atom. The molecule has 0 unspecified atom stereocenters. The molecule has 1 rings (SSSR count). The van der Waals surface area contributed by atoms with Gasteiger partial charge in [-0.05, 0) is 38.7 Å². The summed E-state index contributed by atoms with van der Waals surface area (Å²) in [6, 6.07) is 7.27. The van der Waals surface area contributed by atoms with Crippen LogP contribution >= 0.6 is 35.7 Å². The van der Waals surface area contributed by atoms with Crippen LogP contribution in [-0.4, -0.2) is 44.7 Å². The van der Waals surface area contributed by atoms with E-state index in [1.165, 1.54) is 0 Å². The molecule has 9 heteroatoms. The Balaban J connectivity index is 0.00000576. The van der Waals surface area contributed by atoms with Crippen molar-refractivity contribution < 1.29 is 8.42 Å². The van der Waals surface area contributed by atoms with E-state index < -0.39 is 10.0 Å². The lowest BCUT2D eigenvalue weighted by Gasteiger charge is -2.23. The first kappa shape index (κ1) is 24.3.